The van der Waals surface area contributed by atoms with Crippen molar-refractivity contribution in [3.8, 4) is 0 Å². The first-order valence-electron chi connectivity index (χ1n) is 8.75. The highest BCUT2D eigenvalue weighted by atomic mass is 35.5. The van der Waals surface area contributed by atoms with E-state index in [0.29, 0.717) is 34.0 Å². The Kier molecular flexibility index (Phi) is 4.77. The van der Waals surface area contributed by atoms with Crippen LogP contribution in [0.5, 0.6) is 0 Å². The lowest BCUT2D eigenvalue weighted by atomic mass is 10.2. The number of benzene rings is 1. The largest absolute Gasteiger partial charge is 0.309 e. The van der Waals surface area contributed by atoms with Gasteiger partial charge < -0.3 is 4.98 Å². The summed E-state index contributed by atoms with van der Waals surface area (Å²) in [6.07, 6.45) is 0.739. The molecule has 3 heterocycles. The minimum atomic E-state index is -2.85. The smallest absolute Gasteiger partial charge is 0.258 e. The fourth-order valence-corrected chi connectivity index (χ4v) is 5.73. The normalized spacial score (nSPS) is 24.3. The summed E-state index contributed by atoms with van der Waals surface area (Å²) in [7, 11) is -2.85. The lowest BCUT2D eigenvalue weighted by Crippen LogP contribution is -2.50. The highest BCUT2D eigenvalue weighted by Crippen LogP contribution is 2.20. The number of nitrogens with zero attached hydrogens (tertiary/aromatic N) is 3. The molecular weight excluding hydrogens is 376 g/mol. The number of nitrogens with one attached hydrogen (secondary N) is 1. The van der Waals surface area contributed by atoms with Gasteiger partial charge in [0.05, 0.1) is 29.0 Å². The van der Waals surface area contributed by atoms with Crippen LogP contribution >= 0.6 is 11.6 Å². The van der Waals surface area contributed by atoms with Crippen LogP contribution in [-0.2, 0) is 16.4 Å². The van der Waals surface area contributed by atoms with Crippen molar-refractivity contribution in [2.45, 2.75) is 19.0 Å². The first-order valence-corrected chi connectivity index (χ1v) is 10.9. The van der Waals surface area contributed by atoms with Gasteiger partial charge >= 0.3 is 0 Å². The molecule has 2 saturated heterocycles. The second-order valence-corrected chi connectivity index (χ2v) is 9.71. The molecule has 1 aromatic heterocycles. The number of aromatic amines is 1. The van der Waals surface area contributed by atoms with E-state index < -0.39 is 9.84 Å². The van der Waals surface area contributed by atoms with Crippen molar-refractivity contribution in [2.75, 3.05) is 37.7 Å². The Bertz CT molecular complexity index is 983. The van der Waals surface area contributed by atoms with Gasteiger partial charge in [0, 0.05) is 37.2 Å². The third-order valence-electron chi connectivity index (χ3n) is 5.22. The summed E-state index contributed by atoms with van der Waals surface area (Å²) in [5.74, 6) is 1.22. The van der Waals surface area contributed by atoms with Crippen LogP contribution in [0.4, 0.5) is 0 Å². The third kappa shape index (κ3) is 3.78. The molecule has 26 heavy (non-hydrogen) atoms. The number of aromatic nitrogens is 2. The van der Waals surface area contributed by atoms with E-state index >= 15 is 0 Å². The van der Waals surface area contributed by atoms with Gasteiger partial charge in [0.25, 0.3) is 5.56 Å². The fourth-order valence-electron chi connectivity index (χ4n) is 3.80. The molecule has 2 aliphatic heterocycles. The number of halogens is 1. The molecular formula is C17H21ClN4O3S. The zero-order chi connectivity index (χ0) is 18.3. The van der Waals surface area contributed by atoms with Gasteiger partial charge in [-0.2, -0.15) is 0 Å². The molecule has 7 nitrogen and oxygen atoms in total. The standard InChI is InChI=1S/C17H21ClN4O3S/c18-12-1-2-14-15(9-12)19-16(20-17(14)23)10-21-4-6-22(7-5-21)13-3-8-26(24,25)11-13/h1-2,9,13H,3-8,10-11H2,(H,19,20,23). The molecule has 1 atom stereocenters. The minimum absolute atomic E-state index is 0.155. The summed E-state index contributed by atoms with van der Waals surface area (Å²) in [4.78, 5) is 24.1. The van der Waals surface area contributed by atoms with Gasteiger partial charge in [-0.25, -0.2) is 13.4 Å². The lowest BCUT2D eigenvalue weighted by molar-refractivity contribution is 0.0984. The second-order valence-electron chi connectivity index (χ2n) is 7.04. The van der Waals surface area contributed by atoms with Gasteiger partial charge in [-0.1, -0.05) is 11.6 Å². The Morgan fingerprint density at radius 3 is 2.69 bits per heavy atom. The van der Waals surface area contributed by atoms with E-state index in [2.05, 4.69) is 19.8 Å². The van der Waals surface area contributed by atoms with Gasteiger partial charge in [0.15, 0.2) is 9.84 Å². The summed E-state index contributed by atoms with van der Waals surface area (Å²) in [6, 6.07) is 5.22. The topological polar surface area (TPSA) is 86.4 Å². The minimum Gasteiger partial charge on any atom is -0.309 e. The van der Waals surface area contributed by atoms with Gasteiger partial charge in [-0.15, -0.1) is 0 Å². The molecule has 1 N–H and O–H groups in total. The Morgan fingerprint density at radius 2 is 2.00 bits per heavy atom. The van der Waals surface area contributed by atoms with Crippen LogP contribution in [-0.4, -0.2) is 71.9 Å². The van der Waals surface area contributed by atoms with Crippen LogP contribution in [0, 0.1) is 0 Å². The lowest BCUT2D eigenvalue weighted by Gasteiger charge is -2.37. The molecule has 0 amide bonds. The number of hydrogen-bond donors (Lipinski definition) is 1. The maximum atomic E-state index is 12.2. The summed E-state index contributed by atoms with van der Waals surface area (Å²) in [6.45, 7) is 3.89. The molecule has 2 fully saturated rings. The van der Waals surface area contributed by atoms with E-state index in [-0.39, 0.29) is 17.4 Å². The van der Waals surface area contributed by atoms with Gasteiger partial charge in [-0.05, 0) is 24.6 Å². The number of fused-ring (bicyclic) bond motifs is 1. The number of sulfone groups is 1. The third-order valence-corrected chi connectivity index (χ3v) is 7.21. The van der Waals surface area contributed by atoms with Crippen LogP contribution < -0.4 is 5.56 Å². The molecule has 1 unspecified atom stereocenters. The quantitative estimate of drug-likeness (QED) is 0.828. The van der Waals surface area contributed by atoms with Crippen molar-refractivity contribution in [3.63, 3.8) is 0 Å². The van der Waals surface area contributed by atoms with Gasteiger partial charge in [0.2, 0.25) is 0 Å². The van der Waals surface area contributed by atoms with Gasteiger partial charge in [0.1, 0.15) is 5.82 Å². The molecule has 0 radical (unpaired) electrons. The van der Waals surface area contributed by atoms with Crippen molar-refractivity contribution < 1.29 is 8.42 Å². The molecule has 0 spiro atoms. The average molecular weight is 397 g/mol. The Hall–Kier alpha value is -1.48. The maximum absolute atomic E-state index is 12.2. The van der Waals surface area contributed by atoms with Crippen LogP contribution in [0.25, 0.3) is 10.9 Å². The Balaban J connectivity index is 1.42. The molecule has 2 aliphatic rings. The monoisotopic (exact) mass is 396 g/mol. The van der Waals surface area contributed by atoms with Crippen molar-refractivity contribution in [3.05, 3.63) is 39.4 Å². The van der Waals surface area contributed by atoms with Gasteiger partial charge in [-0.3, -0.25) is 14.6 Å². The van der Waals surface area contributed by atoms with Crippen molar-refractivity contribution in [1.29, 1.82) is 0 Å². The number of hydrogen-bond acceptors (Lipinski definition) is 6. The first-order chi connectivity index (χ1) is 12.4. The van der Waals surface area contributed by atoms with E-state index in [0.717, 1.165) is 32.6 Å². The molecule has 0 saturated carbocycles. The average Bonchev–Trinajstić information content (AvgIpc) is 2.95. The highest BCUT2D eigenvalue weighted by molar-refractivity contribution is 7.91. The summed E-state index contributed by atoms with van der Waals surface area (Å²) in [5.41, 5.74) is 0.447. The molecule has 9 heteroatoms. The zero-order valence-corrected chi connectivity index (χ0v) is 15.9. The predicted molar refractivity (Wildman–Crippen MR) is 101 cm³/mol. The Labute approximate surface area is 156 Å². The number of H-pyrrole nitrogens is 1. The van der Waals surface area contributed by atoms with Crippen molar-refractivity contribution in [1.82, 2.24) is 19.8 Å². The molecule has 1 aromatic carbocycles. The summed E-state index contributed by atoms with van der Waals surface area (Å²) >= 11 is 6.00. The zero-order valence-electron chi connectivity index (χ0n) is 14.3. The molecule has 140 valence electrons. The molecule has 0 aliphatic carbocycles. The fraction of sp³-hybridized carbons (Fsp3) is 0.529. The van der Waals surface area contributed by atoms with E-state index in [1.165, 1.54) is 0 Å². The SMILES string of the molecule is O=c1[nH]c(CN2CCN(C3CCS(=O)(=O)C3)CC2)nc2cc(Cl)ccc12. The number of piperazine rings is 1. The van der Waals surface area contributed by atoms with Crippen LogP contribution in [0.2, 0.25) is 5.02 Å². The summed E-state index contributed by atoms with van der Waals surface area (Å²) < 4.78 is 23.3. The van der Waals surface area contributed by atoms with E-state index in [1.54, 1.807) is 18.2 Å². The molecule has 0 bridgehead atoms. The van der Waals surface area contributed by atoms with Crippen LogP contribution in [0.1, 0.15) is 12.2 Å². The number of rotatable bonds is 3. The van der Waals surface area contributed by atoms with Crippen LogP contribution in [0.15, 0.2) is 23.0 Å². The Morgan fingerprint density at radius 1 is 1.23 bits per heavy atom. The molecule has 2 aromatic rings. The highest BCUT2D eigenvalue weighted by Gasteiger charge is 2.33. The first kappa shape index (κ1) is 17.9. The van der Waals surface area contributed by atoms with Crippen molar-refractivity contribution in [2.24, 2.45) is 0 Å². The van der Waals surface area contributed by atoms with E-state index in [4.69, 9.17) is 11.6 Å². The summed E-state index contributed by atoms with van der Waals surface area (Å²) in [5, 5.41) is 1.09. The maximum Gasteiger partial charge on any atom is 0.258 e. The molecule has 4 rings (SSSR count). The predicted octanol–water partition coefficient (Wildman–Crippen LogP) is 0.881. The van der Waals surface area contributed by atoms with Crippen molar-refractivity contribution >= 4 is 32.3 Å². The second kappa shape index (κ2) is 6.92. The van der Waals surface area contributed by atoms with E-state index in [1.807, 2.05) is 0 Å². The van der Waals surface area contributed by atoms with Crippen LogP contribution in [0.3, 0.4) is 0 Å². The van der Waals surface area contributed by atoms with E-state index in [9.17, 15) is 13.2 Å².